The monoisotopic (exact) mass is 368 g/mol. The molecule has 0 bridgehead atoms. The maximum Gasteiger partial charge on any atom is 0.227 e. The lowest BCUT2D eigenvalue weighted by Crippen LogP contribution is -2.39. The fourth-order valence-corrected chi connectivity index (χ4v) is 3.93. The molecular formula is C23H32N2O2. The summed E-state index contributed by atoms with van der Waals surface area (Å²) in [5, 5.41) is 5.37. The van der Waals surface area contributed by atoms with Crippen molar-refractivity contribution in [1.82, 2.24) is 10.2 Å². The fourth-order valence-electron chi connectivity index (χ4n) is 3.93. The SMILES string of the molecule is COc1ccc2cc([C@H](C)C(=O)NCCCN3CCCC[C@H]3C)ccc2c1. The number of likely N-dealkylation sites (tertiary alicyclic amines) is 1. The smallest absolute Gasteiger partial charge is 0.227 e. The van der Waals surface area contributed by atoms with E-state index in [1.165, 1.54) is 25.8 Å². The zero-order valence-electron chi connectivity index (χ0n) is 16.8. The minimum Gasteiger partial charge on any atom is -0.497 e. The third kappa shape index (κ3) is 5.01. The molecule has 1 saturated heterocycles. The summed E-state index contributed by atoms with van der Waals surface area (Å²) in [6.45, 7) is 7.32. The van der Waals surface area contributed by atoms with E-state index in [2.05, 4.69) is 29.3 Å². The Morgan fingerprint density at radius 2 is 2.00 bits per heavy atom. The standard InChI is InChI=1S/C23H32N2O2/c1-17-7-4-5-13-25(17)14-6-12-24-23(26)18(2)19-8-9-21-16-22(27-3)11-10-20(21)15-19/h8-11,15-18H,4-7,12-14H2,1-3H3,(H,24,26)/t17-,18+/m1/s1. The molecule has 0 saturated carbocycles. The van der Waals surface area contributed by atoms with Crippen LogP contribution in [0.25, 0.3) is 10.8 Å². The lowest BCUT2D eigenvalue weighted by atomic mass is 9.97. The largest absolute Gasteiger partial charge is 0.497 e. The first-order valence-corrected chi connectivity index (χ1v) is 10.2. The molecule has 2 aromatic rings. The third-order valence-electron chi connectivity index (χ3n) is 5.83. The number of benzene rings is 2. The molecule has 0 aliphatic carbocycles. The molecule has 1 aliphatic rings. The number of piperidine rings is 1. The molecule has 4 heteroatoms. The summed E-state index contributed by atoms with van der Waals surface area (Å²) in [7, 11) is 1.67. The van der Waals surface area contributed by atoms with Gasteiger partial charge in [0.05, 0.1) is 13.0 Å². The maximum atomic E-state index is 12.6. The lowest BCUT2D eigenvalue weighted by molar-refractivity contribution is -0.122. The first kappa shape index (κ1) is 19.7. The van der Waals surface area contributed by atoms with Crippen LogP contribution in [0.15, 0.2) is 36.4 Å². The minimum atomic E-state index is -0.148. The van der Waals surface area contributed by atoms with Crippen molar-refractivity contribution in [3.05, 3.63) is 42.0 Å². The Hall–Kier alpha value is -2.07. The Balaban J connectivity index is 1.51. The third-order valence-corrected chi connectivity index (χ3v) is 5.83. The normalized spacial score (nSPS) is 19.0. The van der Waals surface area contributed by atoms with Gasteiger partial charge in [-0.1, -0.05) is 30.7 Å². The van der Waals surface area contributed by atoms with Crippen molar-refractivity contribution in [3.63, 3.8) is 0 Å². The molecule has 4 nitrogen and oxygen atoms in total. The fraction of sp³-hybridized carbons (Fsp3) is 0.522. The quantitative estimate of drug-likeness (QED) is 0.740. The van der Waals surface area contributed by atoms with Gasteiger partial charge in [0.1, 0.15) is 5.75 Å². The van der Waals surface area contributed by atoms with Gasteiger partial charge in [-0.25, -0.2) is 0 Å². The zero-order valence-corrected chi connectivity index (χ0v) is 16.8. The van der Waals surface area contributed by atoms with Crippen LogP contribution in [0, 0.1) is 0 Å². The molecule has 2 atom stereocenters. The zero-order chi connectivity index (χ0) is 19.2. The summed E-state index contributed by atoms with van der Waals surface area (Å²) >= 11 is 0. The molecule has 0 unspecified atom stereocenters. The van der Waals surface area contributed by atoms with Crippen LogP contribution in [-0.2, 0) is 4.79 Å². The van der Waals surface area contributed by atoms with Crippen LogP contribution in [-0.4, -0.2) is 43.6 Å². The van der Waals surface area contributed by atoms with Crippen molar-refractivity contribution in [2.75, 3.05) is 26.7 Å². The molecule has 1 N–H and O–H groups in total. The topological polar surface area (TPSA) is 41.6 Å². The van der Waals surface area contributed by atoms with Gasteiger partial charge in [-0.3, -0.25) is 4.79 Å². The van der Waals surface area contributed by atoms with Gasteiger partial charge < -0.3 is 15.0 Å². The lowest BCUT2D eigenvalue weighted by Gasteiger charge is -2.33. The number of hydrogen-bond acceptors (Lipinski definition) is 3. The molecular weight excluding hydrogens is 336 g/mol. The Morgan fingerprint density at radius 1 is 1.22 bits per heavy atom. The summed E-state index contributed by atoms with van der Waals surface area (Å²) in [6, 6.07) is 12.9. The minimum absolute atomic E-state index is 0.106. The van der Waals surface area contributed by atoms with Crippen LogP contribution in [0.2, 0.25) is 0 Å². The number of carbonyl (C=O) groups excluding carboxylic acids is 1. The predicted molar refractivity (Wildman–Crippen MR) is 111 cm³/mol. The molecule has 27 heavy (non-hydrogen) atoms. The molecule has 2 aromatic carbocycles. The van der Waals surface area contributed by atoms with Crippen molar-refractivity contribution < 1.29 is 9.53 Å². The van der Waals surface area contributed by atoms with Gasteiger partial charge in [0, 0.05) is 19.1 Å². The predicted octanol–water partition coefficient (Wildman–Crippen LogP) is 4.33. The average molecular weight is 369 g/mol. The highest BCUT2D eigenvalue weighted by molar-refractivity contribution is 5.88. The Kier molecular flexibility index (Phi) is 6.73. The first-order chi connectivity index (χ1) is 13.1. The summed E-state index contributed by atoms with van der Waals surface area (Å²) < 4.78 is 5.28. The second-order valence-corrected chi connectivity index (χ2v) is 7.72. The number of rotatable bonds is 7. The number of ether oxygens (including phenoxy) is 1. The van der Waals surface area contributed by atoms with Crippen molar-refractivity contribution in [2.45, 2.75) is 51.5 Å². The molecule has 146 valence electrons. The second-order valence-electron chi connectivity index (χ2n) is 7.72. The summed E-state index contributed by atoms with van der Waals surface area (Å²) in [4.78, 5) is 15.1. The van der Waals surface area contributed by atoms with Crippen LogP contribution in [0.4, 0.5) is 0 Å². The van der Waals surface area contributed by atoms with Crippen LogP contribution in [0.1, 0.15) is 51.0 Å². The van der Waals surface area contributed by atoms with Crippen LogP contribution < -0.4 is 10.1 Å². The van der Waals surface area contributed by atoms with E-state index in [-0.39, 0.29) is 11.8 Å². The van der Waals surface area contributed by atoms with Gasteiger partial charge in [0.25, 0.3) is 0 Å². The Morgan fingerprint density at radius 3 is 2.78 bits per heavy atom. The highest BCUT2D eigenvalue weighted by atomic mass is 16.5. The average Bonchev–Trinajstić information content (AvgIpc) is 2.70. The molecule has 1 amide bonds. The molecule has 0 radical (unpaired) electrons. The Bertz CT molecular complexity index is 774. The van der Waals surface area contributed by atoms with Gasteiger partial charge in [-0.05, 0) is 68.1 Å². The number of carbonyl (C=O) groups is 1. The highest BCUT2D eigenvalue weighted by Crippen LogP contribution is 2.25. The molecule has 1 heterocycles. The Labute approximate surface area is 162 Å². The summed E-state index contributed by atoms with van der Waals surface area (Å²) in [5.41, 5.74) is 1.05. The summed E-state index contributed by atoms with van der Waals surface area (Å²) in [6.07, 6.45) is 4.98. The van der Waals surface area contributed by atoms with Gasteiger partial charge >= 0.3 is 0 Å². The molecule has 3 rings (SSSR count). The van der Waals surface area contributed by atoms with Gasteiger partial charge in [0.2, 0.25) is 5.91 Å². The van der Waals surface area contributed by atoms with E-state index >= 15 is 0 Å². The van der Waals surface area contributed by atoms with E-state index < -0.39 is 0 Å². The second kappa shape index (κ2) is 9.23. The first-order valence-electron chi connectivity index (χ1n) is 10.2. The van der Waals surface area contributed by atoms with Gasteiger partial charge in [0.15, 0.2) is 0 Å². The van der Waals surface area contributed by atoms with E-state index in [0.717, 1.165) is 41.6 Å². The van der Waals surface area contributed by atoms with E-state index in [0.29, 0.717) is 6.04 Å². The van der Waals surface area contributed by atoms with Crippen LogP contribution in [0.5, 0.6) is 5.75 Å². The van der Waals surface area contributed by atoms with Gasteiger partial charge in [-0.15, -0.1) is 0 Å². The van der Waals surface area contributed by atoms with Crippen LogP contribution in [0.3, 0.4) is 0 Å². The van der Waals surface area contributed by atoms with Crippen molar-refractivity contribution in [3.8, 4) is 5.75 Å². The van der Waals surface area contributed by atoms with Gasteiger partial charge in [-0.2, -0.15) is 0 Å². The van der Waals surface area contributed by atoms with E-state index in [1.54, 1.807) is 7.11 Å². The molecule has 1 aliphatic heterocycles. The number of hydrogen-bond donors (Lipinski definition) is 1. The van der Waals surface area contributed by atoms with E-state index in [9.17, 15) is 4.79 Å². The van der Waals surface area contributed by atoms with Crippen molar-refractivity contribution in [2.24, 2.45) is 0 Å². The maximum absolute atomic E-state index is 12.6. The van der Waals surface area contributed by atoms with Crippen molar-refractivity contribution in [1.29, 1.82) is 0 Å². The van der Waals surface area contributed by atoms with E-state index in [4.69, 9.17) is 4.74 Å². The number of nitrogens with one attached hydrogen (secondary N) is 1. The number of nitrogens with zero attached hydrogens (tertiary/aromatic N) is 1. The van der Waals surface area contributed by atoms with Crippen molar-refractivity contribution >= 4 is 16.7 Å². The number of methoxy groups -OCH3 is 1. The molecule has 0 aromatic heterocycles. The van der Waals surface area contributed by atoms with Crippen LogP contribution >= 0.6 is 0 Å². The number of amides is 1. The summed E-state index contributed by atoms with van der Waals surface area (Å²) in [5.74, 6) is 0.809. The molecule has 1 fully saturated rings. The van der Waals surface area contributed by atoms with E-state index in [1.807, 2.05) is 31.2 Å². The number of fused-ring (bicyclic) bond motifs is 1. The molecule has 0 spiro atoms. The highest BCUT2D eigenvalue weighted by Gasteiger charge is 2.18.